The van der Waals surface area contributed by atoms with E-state index in [0.717, 1.165) is 0 Å². The highest BCUT2D eigenvalue weighted by atomic mass is 31.2. The summed E-state index contributed by atoms with van der Waals surface area (Å²) >= 11 is 0. The molecule has 22 heavy (non-hydrogen) atoms. The summed E-state index contributed by atoms with van der Waals surface area (Å²) in [5.74, 6) is 0. The Morgan fingerprint density at radius 2 is 1.45 bits per heavy atom. The van der Waals surface area contributed by atoms with Crippen molar-refractivity contribution < 1.29 is 4.74 Å². The molecular weight excluding hydrogens is 287 g/mol. The summed E-state index contributed by atoms with van der Waals surface area (Å²) in [4.78, 5) is 0. The number of allylic oxidation sites excluding steroid dienone is 4. The normalized spacial score (nSPS) is 12.0. The molecule has 2 aromatic rings. The molecule has 0 aliphatic carbocycles. The zero-order valence-corrected chi connectivity index (χ0v) is 13.9. The zero-order chi connectivity index (χ0) is 15.8. The lowest BCUT2D eigenvalue weighted by Gasteiger charge is -2.27. The third-order valence-electron chi connectivity index (χ3n) is 3.66. The summed E-state index contributed by atoms with van der Waals surface area (Å²) in [6.45, 7) is 7.90. The summed E-state index contributed by atoms with van der Waals surface area (Å²) in [7, 11) is -0.119. The summed E-state index contributed by atoms with van der Waals surface area (Å²) in [5.41, 5.74) is 0. The molecule has 112 valence electrons. The average Bonchev–Trinajstić information content (AvgIpc) is 2.59. The number of hydrogen-bond donors (Lipinski definition) is 0. The summed E-state index contributed by atoms with van der Waals surface area (Å²) in [5, 5.41) is 3.76. The van der Waals surface area contributed by atoms with Crippen LogP contribution in [0.1, 0.15) is 0 Å². The third-order valence-corrected chi connectivity index (χ3v) is 7.87. The fraction of sp³-hybridized carbons (Fsp3) is 0.100. The van der Waals surface area contributed by atoms with Crippen LogP contribution in [-0.2, 0) is 4.74 Å². The number of ether oxygens (including phenoxy) is 1. The van der Waals surface area contributed by atoms with Gasteiger partial charge in [-0.2, -0.15) is 0 Å². The van der Waals surface area contributed by atoms with Crippen molar-refractivity contribution in [3.63, 3.8) is 0 Å². The van der Waals surface area contributed by atoms with Crippen LogP contribution in [-0.4, -0.2) is 13.5 Å². The second kappa shape index (κ2) is 7.89. The molecule has 0 spiro atoms. The quantitative estimate of drug-likeness (QED) is 0.540. The van der Waals surface area contributed by atoms with Gasteiger partial charge in [0.05, 0.1) is 0 Å². The van der Waals surface area contributed by atoms with Gasteiger partial charge in [0.1, 0.15) is 23.2 Å². The average molecular weight is 309 g/mol. The Bertz CT molecular complexity index is 604. The number of methoxy groups -OCH3 is 1. The molecule has 0 aliphatic heterocycles. The molecule has 0 saturated carbocycles. The van der Waals surface area contributed by atoms with Crippen molar-refractivity contribution in [2.75, 3.05) is 13.5 Å². The van der Waals surface area contributed by atoms with E-state index in [-0.39, 0.29) is 0 Å². The first-order chi connectivity index (χ1) is 10.8. The lowest BCUT2D eigenvalue weighted by atomic mass is 10.4. The van der Waals surface area contributed by atoms with E-state index in [4.69, 9.17) is 4.74 Å². The van der Waals surface area contributed by atoms with Crippen LogP contribution in [0.4, 0.5) is 0 Å². The second-order valence-electron chi connectivity index (χ2n) is 4.93. The fourth-order valence-electron chi connectivity index (χ4n) is 2.70. The summed E-state index contributed by atoms with van der Waals surface area (Å²) in [6, 6.07) is 21.1. The smallest absolute Gasteiger partial charge is 0.170 e. The molecule has 2 heteroatoms. The molecule has 0 atom stereocenters. The maximum atomic E-state index is 5.67. The third kappa shape index (κ3) is 3.11. The van der Waals surface area contributed by atoms with Crippen molar-refractivity contribution in [1.29, 1.82) is 0 Å². The van der Waals surface area contributed by atoms with Crippen molar-refractivity contribution in [1.82, 2.24) is 0 Å². The standard InChI is InChI=1S/C20H22OP/c1-4-12-18(5-2)22(17-21-3,19-13-8-6-9-14-19)20-15-10-7-11-16-20/h4-16H,1-2,17H2,3H3/q+1/b18-12+. The molecule has 0 aromatic heterocycles. The van der Waals surface area contributed by atoms with Crippen molar-refractivity contribution in [2.45, 2.75) is 0 Å². The Balaban J connectivity index is 2.78. The van der Waals surface area contributed by atoms with E-state index in [1.807, 2.05) is 24.3 Å². The predicted octanol–water partition coefficient (Wildman–Crippen LogP) is 4.51. The summed E-state index contributed by atoms with van der Waals surface area (Å²) < 4.78 is 5.67. The van der Waals surface area contributed by atoms with E-state index in [9.17, 15) is 0 Å². The fourth-order valence-corrected chi connectivity index (χ4v) is 6.46. The van der Waals surface area contributed by atoms with Gasteiger partial charge in [-0.1, -0.05) is 55.6 Å². The van der Waals surface area contributed by atoms with E-state index < -0.39 is 7.26 Å². The molecule has 0 saturated heterocycles. The van der Waals surface area contributed by atoms with Gasteiger partial charge >= 0.3 is 0 Å². The van der Waals surface area contributed by atoms with Crippen molar-refractivity contribution in [3.8, 4) is 0 Å². The van der Waals surface area contributed by atoms with Crippen LogP contribution >= 0.6 is 7.26 Å². The first-order valence-electron chi connectivity index (χ1n) is 7.23. The molecule has 0 N–H and O–H groups in total. The van der Waals surface area contributed by atoms with E-state index in [1.54, 1.807) is 7.11 Å². The lowest BCUT2D eigenvalue weighted by molar-refractivity contribution is 0.255. The zero-order valence-electron chi connectivity index (χ0n) is 13.0. The van der Waals surface area contributed by atoms with Gasteiger partial charge in [-0.15, -0.1) is 0 Å². The van der Waals surface area contributed by atoms with Gasteiger partial charge in [0.25, 0.3) is 0 Å². The Morgan fingerprint density at radius 1 is 0.955 bits per heavy atom. The first kappa shape index (κ1) is 16.4. The maximum absolute atomic E-state index is 5.67. The van der Waals surface area contributed by atoms with E-state index in [1.165, 1.54) is 15.9 Å². The Hall–Kier alpha value is -1.95. The highest BCUT2D eigenvalue weighted by Crippen LogP contribution is 2.63. The predicted molar refractivity (Wildman–Crippen MR) is 99.4 cm³/mol. The van der Waals surface area contributed by atoms with Crippen LogP contribution in [0, 0.1) is 0 Å². The largest absolute Gasteiger partial charge is 0.348 e. The van der Waals surface area contributed by atoms with Crippen LogP contribution in [0.2, 0.25) is 0 Å². The van der Waals surface area contributed by atoms with Crippen LogP contribution in [0.25, 0.3) is 0 Å². The van der Waals surface area contributed by atoms with E-state index in [0.29, 0.717) is 6.35 Å². The van der Waals surface area contributed by atoms with Gasteiger partial charge < -0.3 is 4.74 Å². The Morgan fingerprint density at radius 3 is 1.82 bits per heavy atom. The molecule has 0 bridgehead atoms. The Labute approximate surface area is 134 Å². The highest BCUT2D eigenvalue weighted by molar-refractivity contribution is 7.93. The SMILES string of the molecule is C=C/C=C(\C=C)[P+](COC)(c1ccccc1)c1ccccc1. The van der Waals surface area contributed by atoms with Crippen LogP contribution < -0.4 is 10.6 Å². The number of hydrogen-bond acceptors (Lipinski definition) is 1. The number of rotatable bonds is 7. The first-order valence-corrected chi connectivity index (χ1v) is 9.21. The van der Waals surface area contributed by atoms with Gasteiger partial charge in [0.2, 0.25) is 0 Å². The Kier molecular flexibility index (Phi) is 5.89. The van der Waals surface area contributed by atoms with Crippen LogP contribution in [0.3, 0.4) is 0 Å². The van der Waals surface area contributed by atoms with Crippen molar-refractivity contribution in [3.05, 3.63) is 97.4 Å². The van der Waals surface area contributed by atoms with E-state index in [2.05, 4.69) is 67.8 Å². The molecule has 2 rings (SSSR count). The second-order valence-corrected chi connectivity index (χ2v) is 8.36. The molecular formula is C20H22OP+. The molecule has 0 aliphatic rings. The molecule has 1 nitrogen and oxygen atoms in total. The van der Waals surface area contributed by atoms with Gasteiger partial charge in [-0.25, -0.2) is 0 Å². The molecule has 0 fully saturated rings. The monoisotopic (exact) mass is 309 g/mol. The van der Waals surface area contributed by atoms with Gasteiger partial charge in [0.15, 0.2) is 6.35 Å². The minimum atomic E-state index is -1.88. The minimum absolute atomic E-state index is 0.646. The van der Waals surface area contributed by atoms with Crippen LogP contribution in [0.15, 0.2) is 97.4 Å². The van der Waals surface area contributed by atoms with E-state index >= 15 is 0 Å². The topological polar surface area (TPSA) is 9.23 Å². The van der Waals surface area contributed by atoms with Crippen molar-refractivity contribution in [2.24, 2.45) is 0 Å². The maximum Gasteiger partial charge on any atom is 0.170 e. The lowest BCUT2D eigenvalue weighted by Crippen LogP contribution is -2.26. The van der Waals surface area contributed by atoms with Gasteiger partial charge in [-0.05, 0) is 36.4 Å². The van der Waals surface area contributed by atoms with Gasteiger partial charge in [0, 0.05) is 7.11 Å². The molecule has 0 amide bonds. The highest BCUT2D eigenvalue weighted by Gasteiger charge is 2.46. The molecule has 0 radical (unpaired) electrons. The molecule has 0 unspecified atom stereocenters. The van der Waals surface area contributed by atoms with Crippen LogP contribution in [0.5, 0.6) is 0 Å². The number of benzene rings is 2. The molecule has 0 heterocycles. The minimum Gasteiger partial charge on any atom is -0.348 e. The van der Waals surface area contributed by atoms with Gasteiger partial charge in [-0.3, -0.25) is 0 Å². The van der Waals surface area contributed by atoms with Crippen molar-refractivity contribution >= 4 is 17.9 Å². The molecule has 2 aromatic carbocycles. The summed E-state index contributed by atoms with van der Waals surface area (Å²) in [6.07, 6.45) is 6.47.